The third kappa shape index (κ3) is 4.16. The number of nitrogens with one attached hydrogen (secondary N) is 1. The maximum atomic E-state index is 12.1. The number of ether oxygens (including phenoxy) is 1. The van der Waals surface area contributed by atoms with Gasteiger partial charge in [0.2, 0.25) is 0 Å². The van der Waals surface area contributed by atoms with Crippen molar-refractivity contribution in [1.82, 2.24) is 10.2 Å². The second-order valence-electron chi connectivity index (χ2n) is 7.18. The molecule has 1 unspecified atom stereocenters. The Morgan fingerprint density at radius 3 is 2.18 bits per heavy atom. The Hall–Kier alpha value is -3.30. The Balaban J connectivity index is 1.55. The van der Waals surface area contributed by atoms with Crippen molar-refractivity contribution in [3.05, 3.63) is 54.1 Å². The standard InChI is InChI=1S/C22H22N2O4/c1-4-15-5-7-16(8-6-15)17-9-11-19(12-10-17)28-14-18(25)13-24-20(26)22(2,3)23-21(24)27/h1,5-12,18,25H,13-14H2,2-3H3,(H,23,27). The summed E-state index contributed by atoms with van der Waals surface area (Å²) >= 11 is 0. The molecule has 1 saturated heterocycles. The van der Waals surface area contributed by atoms with E-state index in [2.05, 4.69) is 11.2 Å². The van der Waals surface area contributed by atoms with Crippen LogP contribution in [0.4, 0.5) is 4.79 Å². The van der Waals surface area contributed by atoms with E-state index in [1.165, 1.54) is 0 Å². The van der Waals surface area contributed by atoms with E-state index in [1.807, 2.05) is 36.4 Å². The van der Waals surface area contributed by atoms with Crippen molar-refractivity contribution in [1.29, 1.82) is 0 Å². The van der Waals surface area contributed by atoms with E-state index < -0.39 is 17.7 Å². The Bertz CT molecular complexity index is 911. The van der Waals surface area contributed by atoms with Gasteiger partial charge in [0.05, 0.1) is 6.54 Å². The topological polar surface area (TPSA) is 78.9 Å². The van der Waals surface area contributed by atoms with Gasteiger partial charge in [-0.1, -0.05) is 30.2 Å². The zero-order valence-electron chi connectivity index (χ0n) is 15.8. The molecule has 28 heavy (non-hydrogen) atoms. The highest BCUT2D eigenvalue weighted by Gasteiger charge is 2.44. The van der Waals surface area contributed by atoms with Crippen LogP contribution < -0.4 is 10.1 Å². The Kier molecular flexibility index (Phi) is 5.39. The lowest BCUT2D eigenvalue weighted by atomic mass is 10.0. The minimum atomic E-state index is -0.986. The van der Waals surface area contributed by atoms with E-state index in [1.54, 1.807) is 26.0 Å². The molecule has 1 atom stereocenters. The number of aliphatic hydroxyl groups excluding tert-OH is 1. The van der Waals surface area contributed by atoms with Gasteiger partial charge in [0.15, 0.2) is 0 Å². The molecule has 0 bridgehead atoms. The average Bonchev–Trinajstić information content (AvgIpc) is 2.88. The zero-order valence-corrected chi connectivity index (χ0v) is 15.8. The van der Waals surface area contributed by atoms with Crippen molar-refractivity contribution in [3.63, 3.8) is 0 Å². The Labute approximate surface area is 164 Å². The van der Waals surface area contributed by atoms with Crippen LogP contribution in [0.3, 0.4) is 0 Å². The molecule has 3 amide bonds. The molecule has 3 rings (SSSR count). The largest absolute Gasteiger partial charge is 0.491 e. The highest BCUT2D eigenvalue weighted by atomic mass is 16.5. The highest BCUT2D eigenvalue weighted by Crippen LogP contribution is 2.23. The summed E-state index contributed by atoms with van der Waals surface area (Å²) in [5.41, 5.74) is 1.92. The van der Waals surface area contributed by atoms with Gasteiger partial charge in [0.25, 0.3) is 5.91 Å². The zero-order chi connectivity index (χ0) is 20.3. The SMILES string of the molecule is C#Cc1ccc(-c2ccc(OCC(O)CN3C(=O)NC(C)(C)C3=O)cc2)cc1. The highest BCUT2D eigenvalue weighted by molar-refractivity contribution is 6.06. The van der Waals surface area contributed by atoms with E-state index in [9.17, 15) is 14.7 Å². The van der Waals surface area contributed by atoms with Crippen molar-refractivity contribution in [2.45, 2.75) is 25.5 Å². The number of aliphatic hydroxyl groups is 1. The Morgan fingerprint density at radius 2 is 1.68 bits per heavy atom. The van der Waals surface area contributed by atoms with Crippen LogP contribution in [-0.2, 0) is 4.79 Å². The van der Waals surface area contributed by atoms with Crippen molar-refractivity contribution < 1.29 is 19.4 Å². The van der Waals surface area contributed by atoms with Crippen molar-refractivity contribution in [3.8, 4) is 29.2 Å². The molecule has 1 aliphatic heterocycles. The lowest BCUT2D eigenvalue weighted by molar-refractivity contribution is -0.131. The summed E-state index contributed by atoms with van der Waals surface area (Å²) in [6.45, 7) is 3.09. The van der Waals surface area contributed by atoms with Crippen LogP contribution in [0.25, 0.3) is 11.1 Å². The quantitative estimate of drug-likeness (QED) is 0.598. The van der Waals surface area contributed by atoms with Crippen molar-refractivity contribution in [2.24, 2.45) is 0 Å². The molecular formula is C22H22N2O4. The summed E-state index contributed by atoms with van der Waals surface area (Å²) in [6.07, 6.45) is 4.38. The predicted octanol–water partition coefficient (Wildman–Crippen LogP) is 2.41. The molecule has 0 saturated carbocycles. The molecule has 6 nitrogen and oxygen atoms in total. The minimum Gasteiger partial charge on any atom is -0.491 e. The van der Waals surface area contributed by atoms with Gasteiger partial charge in [-0.15, -0.1) is 6.42 Å². The molecule has 0 spiro atoms. The van der Waals surface area contributed by atoms with Gasteiger partial charge >= 0.3 is 6.03 Å². The molecule has 6 heteroatoms. The molecule has 1 heterocycles. The molecule has 0 aromatic heterocycles. The Morgan fingerprint density at radius 1 is 1.11 bits per heavy atom. The first-order chi connectivity index (χ1) is 13.3. The number of urea groups is 1. The number of β-amino-alcohol motifs (C(OH)–C–C–N with tert-alkyl or cyclic N) is 1. The van der Waals surface area contributed by atoms with Gasteiger partial charge in [0, 0.05) is 5.56 Å². The molecule has 1 aliphatic rings. The normalized spacial score (nSPS) is 16.4. The summed E-state index contributed by atoms with van der Waals surface area (Å²) in [5.74, 6) is 2.80. The minimum absolute atomic E-state index is 0.0340. The monoisotopic (exact) mass is 378 g/mol. The van der Waals surface area contributed by atoms with E-state index in [0.29, 0.717) is 5.75 Å². The van der Waals surface area contributed by atoms with Crippen LogP contribution in [0, 0.1) is 12.3 Å². The molecule has 2 aromatic rings. The first-order valence-corrected chi connectivity index (χ1v) is 8.92. The third-order valence-corrected chi connectivity index (χ3v) is 4.52. The smallest absolute Gasteiger partial charge is 0.325 e. The maximum absolute atomic E-state index is 12.1. The average molecular weight is 378 g/mol. The number of imide groups is 1. The molecule has 1 fully saturated rings. The van der Waals surface area contributed by atoms with Crippen LogP contribution >= 0.6 is 0 Å². The summed E-state index contributed by atoms with van der Waals surface area (Å²) in [5, 5.41) is 12.7. The van der Waals surface area contributed by atoms with E-state index in [0.717, 1.165) is 21.6 Å². The number of hydrogen-bond donors (Lipinski definition) is 2. The number of nitrogens with zero attached hydrogens (tertiary/aromatic N) is 1. The fourth-order valence-electron chi connectivity index (χ4n) is 2.94. The summed E-state index contributed by atoms with van der Waals surface area (Å²) in [4.78, 5) is 25.0. The lowest BCUT2D eigenvalue weighted by Crippen LogP contribution is -2.42. The molecule has 0 radical (unpaired) electrons. The van der Waals surface area contributed by atoms with Crippen LogP contribution in [0.15, 0.2) is 48.5 Å². The van der Waals surface area contributed by atoms with Crippen LogP contribution in [0.2, 0.25) is 0 Å². The summed E-state index contributed by atoms with van der Waals surface area (Å²) in [7, 11) is 0. The van der Waals surface area contributed by atoms with E-state index >= 15 is 0 Å². The maximum Gasteiger partial charge on any atom is 0.325 e. The number of carbonyl (C=O) groups excluding carboxylic acids is 2. The van der Waals surface area contributed by atoms with Crippen LogP contribution in [0.5, 0.6) is 5.75 Å². The summed E-state index contributed by atoms with van der Waals surface area (Å²) in [6, 6.07) is 14.6. The number of terminal acetylenes is 1. The fraction of sp³-hybridized carbons (Fsp3) is 0.273. The molecule has 2 aromatic carbocycles. The first kappa shape index (κ1) is 19.5. The lowest BCUT2D eigenvalue weighted by Gasteiger charge is -2.19. The number of benzene rings is 2. The number of hydrogen-bond acceptors (Lipinski definition) is 4. The second kappa shape index (κ2) is 7.75. The fourth-order valence-corrected chi connectivity index (χ4v) is 2.94. The number of amides is 3. The van der Waals surface area contributed by atoms with Gasteiger partial charge < -0.3 is 15.2 Å². The molecule has 144 valence electrons. The number of carbonyl (C=O) groups is 2. The van der Waals surface area contributed by atoms with Gasteiger partial charge in [-0.25, -0.2) is 4.79 Å². The van der Waals surface area contributed by atoms with Gasteiger partial charge in [-0.2, -0.15) is 0 Å². The van der Waals surface area contributed by atoms with Crippen LogP contribution in [0.1, 0.15) is 19.4 Å². The van der Waals surface area contributed by atoms with E-state index in [4.69, 9.17) is 11.2 Å². The number of rotatable bonds is 6. The molecular weight excluding hydrogens is 356 g/mol. The first-order valence-electron chi connectivity index (χ1n) is 8.92. The molecule has 2 N–H and O–H groups in total. The van der Waals surface area contributed by atoms with Crippen molar-refractivity contribution in [2.75, 3.05) is 13.2 Å². The van der Waals surface area contributed by atoms with Crippen LogP contribution in [-0.4, -0.2) is 46.7 Å². The predicted molar refractivity (Wildman–Crippen MR) is 106 cm³/mol. The van der Waals surface area contributed by atoms with Gasteiger partial charge in [-0.05, 0) is 49.2 Å². The van der Waals surface area contributed by atoms with Gasteiger partial charge in [-0.3, -0.25) is 9.69 Å². The van der Waals surface area contributed by atoms with Crippen molar-refractivity contribution >= 4 is 11.9 Å². The van der Waals surface area contributed by atoms with Gasteiger partial charge in [0.1, 0.15) is 24.0 Å². The van der Waals surface area contributed by atoms with E-state index in [-0.39, 0.29) is 19.1 Å². The third-order valence-electron chi connectivity index (χ3n) is 4.52. The molecule has 0 aliphatic carbocycles. The second-order valence-corrected chi connectivity index (χ2v) is 7.18. The summed E-state index contributed by atoms with van der Waals surface area (Å²) < 4.78 is 5.58.